The number of rotatable bonds is 0. The average molecular weight is 261 g/mol. The number of fused-ring (bicyclic) bond motifs is 2. The van der Waals surface area contributed by atoms with Gasteiger partial charge in [0, 0.05) is 5.41 Å². The second-order valence-corrected chi connectivity index (χ2v) is 6.29. The van der Waals surface area contributed by atoms with Gasteiger partial charge in [0.1, 0.15) is 4.32 Å². The molecule has 1 aliphatic carbocycles. The largest absolute Gasteiger partial charge is 0.392 e. The number of hydrogen-bond donors (Lipinski definition) is 0. The van der Waals surface area contributed by atoms with Crippen LogP contribution >= 0.6 is 15.9 Å². The van der Waals surface area contributed by atoms with Crippen molar-refractivity contribution in [2.45, 2.75) is 37.9 Å². The van der Waals surface area contributed by atoms with Crippen molar-refractivity contribution in [3.8, 4) is 0 Å². The molecule has 2 rings (SSSR count). The van der Waals surface area contributed by atoms with Gasteiger partial charge in [0.15, 0.2) is 0 Å². The molecule has 1 saturated carbocycles. The summed E-state index contributed by atoms with van der Waals surface area (Å²) in [6.45, 7) is 5.78. The van der Waals surface area contributed by atoms with Crippen molar-refractivity contribution in [3.05, 3.63) is 0 Å². The molecule has 2 aliphatic rings. The number of cyclic esters (lactones) is 2. The van der Waals surface area contributed by atoms with Gasteiger partial charge in [-0.15, -0.1) is 0 Å². The van der Waals surface area contributed by atoms with Crippen LogP contribution in [0.3, 0.4) is 0 Å². The second kappa shape index (κ2) is 2.40. The van der Waals surface area contributed by atoms with Gasteiger partial charge in [0.2, 0.25) is 0 Å². The first-order valence-corrected chi connectivity index (χ1v) is 5.51. The zero-order valence-corrected chi connectivity index (χ0v) is 10.1. The second-order valence-electron chi connectivity index (χ2n) is 4.94. The van der Waals surface area contributed by atoms with Gasteiger partial charge in [0.05, 0.1) is 5.41 Å². The molecular formula is C10H13BrO3. The van der Waals surface area contributed by atoms with E-state index in [9.17, 15) is 9.59 Å². The fraction of sp³-hybridized carbons (Fsp3) is 0.800. The first-order valence-electron chi connectivity index (χ1n) is 4.71. The number of ether oxygens (including phenoxy) is 1. The maximum Gasteiger partial charge on any atom is 0.331 e. The van der Waals surface area contributed by atoms with E-state index in [0.717, 1.165) is 0 Å². The number of carbonyl (C=O) groups excluding carboxylic acids is 2. The van der Waals surface area contributed by atoms with Crippen LogP contribution in [0.1, 0.15) is 33.6 Å². The predicted octanol–water partition coefficient (Wildman–Crippen LogP) is 2.03. The highest BCUT2D eigenvalue weighted by Gasteiger charge is 2.71. The van der Waals surface area contributed by atoms with Crippen LogP contribution in [0.25, 0.3) is 0 Å². The first kappa shape index (κ1) is 10.1. The van der Waals surface area contributed by atoms with E-state index in [4.69, 9.17) is 4.74 Å². The van der Waals surface area contributed by atoms with Crippen molar-refractivity contribution in [2.75, 3.05) is 0 Å². The lowest BCUT2D eigenvalue weighted by molar-refractivity contribution is -0.182. The van der Waals surface area contributed by atoms with E-state index in [1.54, 1.807) is 0 Å². The summed E-state index contributed by atoms with van der Waals surface area (Å²) in [6.07, 6.45) is 1.37. The zero-order valence-electron chi connectivity index (χ0n) is 8.52. The monoisotopic (exact) mass is 260 g/mol. The molecular weight excluding hydrogens is 248 g/mol. The van der Waals surface area contributed by atoms with Crippen LogP contribution in [0.5, 0.6) is 0 Å². The number of carbonyl (C=O) groups is 2. The Hall–Kier alpha value is -0.380. The van der Waals surface area contributed by atoms with Crippen LogP contribution in [0.15, 0.2) is 0 Å². The van der Waals surface area contributed by atoms with E-state index in [0.29, 0.717) is 12.8 Å². The van der Waals surface area contributed by atoms with Gasteiger partial charge in [-0.3, -0.25) is 9.59 Å². The average Bonchev–Trinajstić information content (AvgIpc) is 2.21. The maximum absolute atomic E-state index is 11.7. The summed E-state index contributed by atoms with van der Waals surface area (Å²) < 4.78 is 4.11. The summed E-state index contributed by atoms with van der Waals surface area (Å²) in [5.41, 5.74) is -0.920. The molecule has 2 fully saturated rings. The van der Waals surface area contributed by atoms with E-state index >= 15 is 0 Å². The van der Waals surface area contributed by atoms with Gasteiger partial charge in [-0.1, -0.05) is 29.8 Å². The number of halogens is 1. The molecule has 1 aliphatic heterocycles. The Balaban J connectivity index is 2.61. The Morgan fingerprint density at radius 3 is 2.29 bits per heavy atom. The van der Waals surface area contributed by atoms with Crippen LogP contribution in [-0.2, 0) is 14.3 Å². The Morgan fingerprint density at radius 1 is 1.14 bits per heavy atom. The summed E-state index contributed by atoms with van der Waals surface area (Å²) in [5, 5.41) is 0. The van der Waals surface area contributed by atoms with Gasteiger partial charge in [-0.2, -0.15) is 0 Å². The molecule has 14 heavy (non-hydrogen) atoms. The molecule has 0 aromatic rings. The van der Waals surface area contributed by atoms with Crippen molar-refractivity contribution in [2.24, 2.45) is 10.8 Å². The standard InChI is InChI=1S/C10H13BrO3/c1-8(2)9(3)4-5-10(8,11)7(13)14-6(9)12/h4-5H2,1-3H3/t9-,10-/m0/s1. The summed E-state index contributed by atoms with van der Waals surface area (Å²) in [7, 11) is 0. The lowest BCUT2D eigenvalue weighted by Crippen LogP contribution is -2.57. The van der Waals surface area contributed by atoms with Crippen molar-refractivity contribution in [1.29, 1.82) is 0 Å². The van der Waals surface area contributed by atoms with Gasteiger partial charge < -0.3 is 4.74 Å². The molecule has 1 heterocycles. The van der Waals surface area contributed by atoms with Crippen molar-refractivity contribution < 1.29 is 14.3 Å². The minimum absolute atomic E-state index is 0.375. The third-order valence-electron chi connectivity index (χ3n) is 4.30. The van der Waals surface area contributed by atoms with Crippen LogP contribution in [-0.4, -0.2) is 16.3 Å². The predicted molar refractivity (Wildman–Crippen MR) is 53.9 cm³/mol. The van der Waals surface area contributed by atoms with Crippen molar-refractivity contribution >= 4 is 27.9 Å². The topological polar surface area (TPSA) is 43.4 Å². The van der Waals surface area contributed by atoms with Crippen LogP contribution < -0.4 is 0 Å². The Morgan fingerprint density at radius 2 is 1.71 bits per heavy atom. The molecule has 78 valence electrons. The fourth-order valence-electron chi connectivity index (χ4n) is 2.48. The molecule has 1 saturated heterocycles. The Bertz CT molecular complexity index is 306. The molecule has 2 bridgehead atoms. The van der Waals surface area contributed by atoms with Gasteiger partial charge in [-0.25, -0.2) is 0 Å². The quantitative estimate of drug-likeness (QED) is 0.380. The molecule has 0 radical (unpaired) electrons. The molecule has 0 unspecified atom stereocenters. The highest BCUT2D eigenvalue weighted by Crippen LogP contribution is 2.64. The number of hydrogen-bond acceptors (Lipinski definition) is 3. The third kappa shape index (κ3) is 0.794. The fourth-order valence-corrected chi connectivity index (χ4v) is 3.19. The summed E-state index contributed by atoms with van der Waals surface area (Å²) >= 11 is 3.46. The normalized spacial score (nSPS) is 45.1. The number of alkyl halides is 1. The molecule has 3 nitrogen and oxygen atoms in total. The minimum Gasteiger partial charge on any atom is -0.392 e. The van der Waals surface area contributed by atoms with E-state index in [2.05, 4.69) is 15.9 Å². The summed E-state index contributed by atoms with van der Waals surface area (Å²) in [5.74, 6) is -0.803. The lowest BCUT2D eigenvalue weighted by Gasteiger charge is -2.46. The zero-order chi connectivity index (χ0) is 10.8. The molecule has 0 amide bonds. The molecule has 0 aromatic heterocycles. The first-order chi connectivity index (χ1) is 6.26. The highest BCUT2D eigenvalue weighted by molar-refractivity contribution is 9.10. The maximum atomic E-state index is 11.7. The summed E-state index contributed by atoms with van der Waals surface area (Å²) in [4.78, 5) is 23.3. The highest BCUT2D eigenvalue weighted by atomic mass is 79.9. The molecule has 2 atom stereocenters. The lowest BCUT2D eigenvalue weighted by atomic mass is 9.64. The SMILES string of the molecule is CC1(C)[C@@]2(C)CC[C@]1(Br)C(=O)OC2=O. The van der Waals surface area contributed by atoms with E-state index in [1.165, 1.54) is 0 Å². The minimum atomic E-state index is -0.678. The third-order valence-corrected chi connectivity index (χ3v) is 6.01. The Labute approximate surface area is 91.3 Å². The van der Waals surface area contributed by atoms with E-state index < -0.39 is 15.7 Å². The van der Waals surface area contributed by atoms with Gasteiger partial charge in [0.25, 0.3) is 0 Å². The van der Waals surface area contributed by atoms with Gasteiger partial charge in [-0.05, 0) is 19.8 Å². The molecule has 0 spiro atoms. The smallest absolute Gasteiger partial charge is 0.331 e. The molecule has 4 heteroatoms. The van der Waals surface area contributed by atoms with Crippen LogP contribution in [0.4, 0.5) is 0 Å². The van der Waals surface area contributed by atoms with Crippen molar-refractivity contribution in [3.63, 3.8) is 0 Å². The van der Waals surface area contributed by atoms with Crippen LogP contribution in [0, 0.1) is 10.8 Å². The summed E-state index contributed by atoms with van der Waals surface area (Å²) in [6, 6.07) is 0. The van der Waals surface area contributed by atoms with Gasteiger partial charge >= 0.3 is 11.9 Å². The van der Waals surface area contributed by atoms with Crippen molar-refractivity contribution in [1.82, 2.24) is 0 Å². The number of esters is 2. The Kier molecular flexibility index (Phi) is 1.74. The molecule has 0 N–H and O–H groups in total. The van der Waals surface area contributed by atoms with E-state index in [1.807, 2.05) is 20.8 Å². The van der Waals surface area contributed by atoms with Crippen LogP contribution in [0.2, 0.25) is 0 Å². The van der Waals surface area contributed by atoms with E-state index in [-0.39, 0.29) is 11.4 Å². The molecule has 0 aromatic carbocycles.